The number of nitrogens with one attached hydrogen (secondary N) is 2. The maximum absolute atomic E-state index is 12.0. The van der Waals surface area contributed by atoms with E-state index in [0.717, 1.165) is 37.0 Å². The Balaban J connectivity index is 1.76. The van der Waals surface area contributed by atoms with Crippen molar-refractivity contribution in [1.29, 1.82) is 0 Å². The number of carbonyl (C=O) groups is 1. The van der Waals surface area contributed by atoms with Gasteiger partial charge >= 0.3 is 0 Å². The SMILES string of the molecule is Cc1ccc(NC(=S)N2CCN(CC(=O)NC(C)(C)C)CC2)cc1. The molecule has 1 aliphatic heterocycles. The predicted octanol–water partition coefficient (Wildman–Crippen LogP) is 2.22. The molecule has 1 amide bonds. The second-order valence-electron chi connectivity index (χ2n) is 7.36. The van der Waals surface area contributed by atoms with E-state index in [2.05, 4.69) is 39.5 Å². The molecular weight excluding hydrogens is 320 g/mol. The van der Waals surface area contributed by atoms with Crippen molar-refractivity contribution in [3.05, 3.63) is 29.8 Å². The largest absolute Gasteiger partial charge is 0.350 e. The van der Waals surface area contributed by atoms with Crippen LogP contribution in [0, 0.1) is 6.92 Å². The molecule has 132 valence electrons. The minimum atomic E-state index is -0.182. The molecule has 0 atom stereocenters. The molecule has 6 heteroatoms. The summed E-state index contributed by atoms with van der Waals surface area (Å²) in [6, 6.07) is 8.21. The van der Waals surface area contributed by atoms with Crippen LogP contribution in [-0.2, 0) is 4.79 Å². The number of carbonyl (C=O) groups excluding carboxylic acids is 1. The van der Waals surface area contributed by atoms with E-state index in [1.165, 1.54) is 5.56 Å². The van der Waals surface area contributed by atoms with Crippen molar-refractivity contribution in [3.63, 3.8) is 0 Å². The summed E-state index contributed by atoms with van der Waals surface area (Å²) in [7, 11) is 0. The van der Waals surface area contributed by atoms with Gasteiger partial charge in [-0.15, -0.1) is 0 Å². The Morgan fingerprint density at radius 1 is 1.12 bits per heavy atom. The Hall–Kier alpha value is -1.66. The predicted molar refractivity (Wildman–Crippen MR) is 103 cm³/mol. The molecule has 1 aromatic carbocycles. The zero-order valence-corrected chi connectivity index (χ0v) is 15.9. The quantitative estimate of drug-likeness (QED) is 0.821. The first-order valence-corrected chi connectivity index (χ1v) is 8.80. The van der Waals surface area contributed by atoms with E-state index in [1.807, 2.05) is 32.9 Å². The van der Waals surface area contributed by atoms with E-state index in [1.54, 1.807) is 0 Å². The van der Waals surface area contributed by atoms with Crippen LogP contribution >= 0.6 is 12.2 Å². The summed E-state index contributed by atoms with van der Waals surface area (Å²) in [5, 5.41) is 7.04. The van der Waals surface area contributed by atoms with Crippen LogP contribution in [0.2, 0.25) is 0 Å². The maximum Gasteiger partial charge on any atom is 0.234 e. The Bertz CT molecular complexity index is 572. The number of nitrogens with zero attached hydrogens (tertiary/aromatic N) is 2. The van der Waals surface area contributed by atoms with Gasteiger partial charge < -0.3 is 15.5 Å². The molecule has 24 heavy (non-hydrogen) atoms. The molecule has 1 aliphatic rings. The van der Waals surface area contributed by atoms with Crippen molar-refractivity contribution < 1.29 is 4.79 Å². The second-order valence-corrected chi connectivity index (χ2v) is 7.74. The molecule has 0 unspecified atom stereocenters. The van der Waals surface area contributed by atoms with Gasteiger partial charge in [-0.05, 0) is 52.0 Å². The number of thiocarbonyl (C=S) groups is 1. The Kier molecular flexibility index (Phi) is 6.18. The number of rotatable bonds is 3. The highest BCUT2D eigenvalue weighted by Gasteiger charge is 2.22. The fraction of sp³-hybridized carbons (Fsp3) is 0.556. The molecule has 2 rings (SSSR count). The van der Waals surface area contributed by atoms with Crippen molar-refractivity contribution in [1.82, 2.24) is 15.1 Å². The van der Waals surface area contributed by atoms with E-state index < -0.39 is 0 Å². The molecule has 2 N–H and O–H groups in total. The fourth-order valence-corrected chi connectivity index (χ4v) is 2.91. The summed E-state index contributed by atoms with van der Waals surface area (Å²) in [5.41, 5.74) is 2.06. The van der Waals surface area contributed by atoms with Gasteiger partial charge in [0, 0.05) is 37.4 Å². The normalized spacial score (nSPS) is 15.9. The average Bonchev–Trinajstić information content (AvgIpc) is 2.48. The van der Waals surface area contributed by atoms with Gasteiger partial charge in [-0.25, -0.2) is 0 Å². The summed E-state index contributed by atoms with van der Waals surface area (Å²) in [6.07, 6.45) is 0. The Morgan fingerprint density at radius 3 is 2.25 bits per heavy atom. The monoisotopic (exact) mass is 348 g/mol. The van der Waals surface area contributed by atoms with Gasteiger partial charge in [0.05, 0.1) is 6.54 Å². The lowest BCUT2D eigenvalue weighted by Crippen LogP contribution is -2.53. The van der Waals surface area contributed by atoms with Crippen molar-refractivity contribution in [2.45, 2.75) is 33.2 Å². The lowest BCUT2D eigenvalue weighted by Gasteiger charge is -2.36. The van der Waals surface area contributed by atoms with Gasteiger partial charge in [-0.1, -0.05) is 17.7 Å². The number of piperazine rings is 1. The third-order valence-corrected chi connectivity index (χ3v) is 4.20. The number of hydrogen-bond acceptors (Lipinski definition) is 3. The van der Waals surface area contributed by atoms with Gasteiger partial charge in [0.15, 0.2) is 5.11 Å². The maximum atomic E-state index is 12.0. The highest BCUT2D eigenvalue weighted by Crippen LogP contribution is 2.11. The molecule has 1 heterocycles. The molecule has 1 fully saturated rings. The van der Waals surface area contributed by atoms with E-state index in [9.17, 15) is 4.79 Å². The summed E-state index contributed by atoms with van der Waals surface area (Å²) < 4.78 is 0. The van der Waals surface area contributed by atoms with E-state index >= 15 is 0 Å². The van der Waals surface area contributed by atoms with Gasteiger partial charge in [0.25, 0.3) is 0 Å². The number of hydrogen-bond donors (Lipinski definition) is 2. The van der Waals surface area contributed by atoms with Crippen LogP contribution in [0.3, 0.4) is 0 Å². The summed E-state index contributed by atoms with van der Waals surface area (Å²) in [4.78, 5) is 16.3. The fourth-order valence-electron chi connectivity index (χ4n) is 2.61. The summed E-state index contributed by atoms with van der Waals surface area (Å²) in [5.74, 6) is 0.0799. The van der Waals surface area contributed by atoms with Gasteiger partial charge in [-0.2, -0.15) is 0 Å². The number of aryl methyl sites for hydroxylation is 1. The molecule has 0 aliphatic carbocycles. The topological polar surface area (TPSA) is 47.6 Å². The van der Waals surface area contributed by atoms with E-state index in [0.29, 0.717) is 6.54 Å². The zero-order chi connectivity index (χ0) is 17.7. The van der Waals surface area contributed by atoms with Crippen molar-refractivity contribution >= 4 is 28.9 Å². The molecule has 0 aromatic heterocycles. The van der Waals surface area contributed by atoms with Crippen LogP contribution < -0.4 is 10.6 Å². The first kappa shape index (κ1) is 18.7. The van der Waals surface area contributed by atoms with E-state index in [4.69, 9.17) is 12.2 Å². The molecule has 0 radical (unpaired) electrons. The van der Waals surface area contributed by atoms with Crippen LogP contribution in [0.1, 0.15) is 26.3 Å². The third kappa shape index (κ3) is 6.09. The average molecular weight is 349 g/mol. The molecule has 1 saturated heterocycles. The number of anilines is 1. The zero-order valence-electron chi connectivity index (χ0n) is 15.1. The van der Waals surface area contributed by atoms with Crippen molar-refractivity contribution in [3.8, 4) is 0 Å². The van der Waals surface area contributed by atoms with Crippen LogP contribution in [0.4, 0.5) is 5.69 Å². The first-order chi connectivity index (χ1) is 11.2. The molecule has 5 nitrogen and oxygen atoms in total. The Labute approximate surface area is 150 Å². The molecule has 0 bridgehead atoms. The second kappa shape index (κ2) is 7.94. The van der Waals surface area contributed by atoms with Crippen LogP contribution in [0.15, 0.2) is 24.3 Å². The number of amides is 1. The smallest absolute Gasteiger partial charge is 0.234 e. The lowest BCUT2D eigenvalue weighted by atomic mass is 10.1. The van der Waals surface area contributed by atoms with Gasteiger partial charge in [0.2, 0.25) is 5.91 Å². The molecular formula is C18H28N4OS. The van der Waals surface area contributed by atoms with Gasteiger partial charge in [0.1, 0.15) is 0 Å². The van der Waals surface area contributed by atoms with Crippen molar-refractivity contribution in [2.75, 3.05) is 38.0 Å². The molecule has 0 spiro atoms. The van der Waals surface area contributed by atoms with Crippen LogP contribution in [0.25, 0.3) is 0 Å². The number of benzene rings is 1. The van der Waals surface area contributed by atoms with Crippen molar-refractivity contribution in [2.24, 2.45) is 0 Å². The Morgan fingerprint density at radius 2 is 1.71 bits per heavy atom. The summed E-state index contributed by atoms with van der Waals surface area (Å²) >= 11 is 5.50. The third-order valence-electron chi connectivity index (χ3n) is 3.84. The molecule has 1 aromatic rings. The summed E-state index contributed by atoms with van der Waals surface area (Å²) in [6.45, 7) is 11.9. The minimum absolute atomic E-state index is 0.0799. The minimum Gasteiger partial charge on any atom is -0.350 e. The first-order valence-electron chi connectivity index (χ1n) is 8.39. The highest BCUT2D eigenvalue weighted by molar-refractivity contribution is 7.80. The van der Waals surface area contributed by atoms with E-state index in [-0.39, 0.29) is 11.4 Å². The molecule has 0 saturated carbocycles. The van der Waals surface area contributed by atoms with Crippen LogP contribution in [-0.4, -0.2) is 59.1 Å². The van der Waals surface area contributed by atoms with Gasteiger partial charge in [-0.3, -0.25) is 9.69 Å². The highest BCUT2D eigenvalue weighted by atomic mass is 32.1. The standard InChI is InChI=1S/C18H28N4OS/c1-14-5-7-15(8-6-14)19-17(24)22-11-9-21(10-12-22)13-16(23)20-18(2,3)4/h5-8H,9-13H2,1-4H3,(H,19,24)(H,20,23). The lowest BCUT2D eigenvalue weighted by molar-refractivity contribution is -0.123. The van der Waals surface area contributed by atoms with Crippen LogP contribution in [0.5, 0.6) is 0 Å².